The molecule has 0 bridgehead atoms. The van der Waals surface area contributed by atoms with Crippen molar-refractivity contribution in [3.8, 4) is 0 Å². The molecule has 1 aromatic heterocycles. The smallest absolute Gasteiger partial charge is 0.419 e. The molecule has 104 valence electrons. The van der Waals surface area contributed by atoms with Crippen molar-refractivity contribution >= 4 is 11.8 Å². The molecule has 1 fully saturated rings. The summed E-state index contributed by atoms with van der Waals surface area (Å²) in [5.74, 6) is -1.44. The molecule has 1 aromatic rings. The Hall–Kier alpha value is -1.79. The predicted octanol–water partition coefficient (Wildman–Crippen LogP) is 2.54. The van der Waals surface area contributed by atoms with E-state index in [9.17, 15) is 23.1 Å². The number of carboxylic acid groups (broad SMARTS) is 1. The van der Waals surface area contributed by atoms with Gasteiger partial charge in [0.2, 0.25) is 0 Å². The van der Waals surface area contributed by atoms with Gasteiger partial charge in [-0.3, -0.25) is 0 Å². The minimum Gasteiger partial charge on any atom is -0.480 e. The van der Waals surface area contributed by atoms with Gasteiger partial charge in [-0.1, -0.05) is 0 Å². The fourth-order valence-electron chi connectivity index (χ4n) is 2.36. The number of hydrogen-bond donors (Lipinski definition) is 1. The number of alkyl halides is 3. The number of anilines is 1. The summed E-state index contributed by atoms with van der Waals surface area (Å²) < 4.78 is 38.8. The van der Waals surface area contributed by atoms with E-state index in [1.165, 1.54) is 24.1 Å². The van der Waals surface area contributed by atoms with Gasteiger partial charge in [-0.25, -0.2) is 9.78 Å². The third kappa shape index (κ3) is 2.24. The Bertz CT molecular complexity index is 504. The number of hydrogen-bond acceptors (Lipinski definition) is 3. The normalized spacial score (nSPS) is 23.7. The van der Waals surface area contributed by atoms with Gasteiger partial charge in [-0.05, 0) is 31.9 Å². The van der Waals surface area contributed by atoms with Crippen LogP contribution in [0.5, 0.6) is 0 Å². The minimum atomic E-state index is -4.55. The van der Waals surface area contributed by atoms with Crippen LogP contribution in [0.2, 0.25) is 0 Å². The topological polar surface area (TPSA) is 53.4 Å². The SMILES string of the molecule is CC1(C(=O)O)CCCN1c1ncccc1C(F)(F)F. The van der Waals surface area contributed by atoms with Crippen molar-refractivity contribution in [3.05, 3.63) is 23.9 Å². The molecule has 1 N–H and O–H groups in total. The molecule has 0 spiro atoms. The van der Waals surface area contributed by atoms with E-state index in [0.717, 1.165) is 6.07 Å². The summed E-state index contributed by atoms with van der Waals surface area (Å²) in [5, 5.41) is 9.25. The predicted molar refractivity (Wildman–Crippen MR) is 61.9 cm³/mol. The lowest BCUT2D eigenvalue weighted by molar-refractivity contribution is -0.143. The van der Waals surface area contributed by atoms with Crippen molar-refractivity contribution < 1.29 is 23.1 Å². The monoisotopic (exact) mass is 274 g/mol. The molecule has 19 heavy (non-hydrogen) atoms. The van der Waals surface area contributed by atoms with Gasteiger partial charge in [0.25, 0.3) is 0 Å². The Morgan fingerprint density at radius 1 is 1.53 bits per heavy atom. The minimum absolute atomic E-state index is 0.253. The summed E-state index contributed by atoms with van der Waals surface area (Å²) in [6.45, 7) is 1.68. The largest absolute Gasteiger partial charge is 0.480 e. The lowest BCUT2D eigenvalue weighted by Gasteiger charge is -2.33. The number of pyridine rings is 1. The van der Waals surface area contributed by atoms with Crippen LogP contribution in [0, 0.1) is 0 Å². The van der Waals surface area contributed by atoms with Gasteiger partial charge in [0, 0.05) is 12.7 Å². The van der Waals surface area contributed by atoms with Crippen LogP contribution in [0.15, 0.2) is 18.3 Å². The van der Waals surface area contributed by atoms with Crippen LogP contribution in [-0.2, 0) is 11.0 Å². The summed E-state index contributed by atoms with van der Waals surface area (Å²) in [5.41, 5.74) is -2.24. The molecule has 1 saturated heterocycles. The summed E-state index contributed by atoms with van der Waals surface area (Å²) in [4.78, 5) is 16.3. The molecule has 7 heteroatoms. The molecule has 0 aliphatic carbocycles. The molecule has 1 aliphatic heterocycles. The van der Waals surface area contributed by atoms with Gasteiger partial charge >= 0.3 is 12.1 Å². The molecular formula is C12H13F3N2O2. The van der Waals surface area contributed by atoms with Crippen molar-refractivity contribution in [2.24, 2.45) is 0 Å². The molecule has 4 nitrogen and oxygen atoms in total. The molecule has 2 rings (SSSR count). The fraction of sp³-hybridized carbons (Fsp3) is 0.500. The van der Waals surface area contributed by atoms with Gasteiger partial charge in [0.1, 0.15) is 11.4 Å². The second kappa shape index (κ2) is 4.40. The Morgan fingerprint density at radius 3 is 2.79 bits per heavy atom. The van der Waals surface area contributed by atoms with Gasteiger partial charge in [-0.15, -0.1) is 0 Å². The van der Waals surface area contributed by atoms with Crippen LogP contribution in [0.25, 0.3) is 0 Å². The Labute approximate surface area is 107 Å². The number of aromatic nitrogens is 1. The van der Waals surface area contributed by atoms with Crippen molar-refractivity contribution in [1.82, 2.24) is 4.98 Å². The zero-order valence-electron chi connectivity index (χ0n) is 10.2. The number of aliphatic carboxylic acids is 1. The van der Waals surface area contributed by atoms with E-state index >= 15 is 0 Å². The molecule has 1 aliphatic rings. The number of halogens is 3. The molecular weight excluding hydrogens is 261 g/mol. The van der Waals surface area contributed by atoms with Crippen molar-refractivity contribution in [1.29, 1.82) is 0 Å². The van der Waals surface area contributed by atoms with Gasteiger partial charge in [0.15, 0.2) is 0 Å². The van der Waals surface area contributed by atoms with Crippen LogP contribution >= 0.6 is 0 Å². The zero-order valence-corrected chi connectivity index (χ0v) is 10.2. The summed E-state index contributed by atoms with van der Waals surface area (Å²) in [6.07, 6.45) is -2.48. The third-order valence-electron chi connectivity index (χ3n) is 3.45. The van der Waals surface area contributed by atoms with Crippen molar-refractivity contribution in [3.63, 3.8) is 0 Å². The van der Waals surface area contributed by atoms with E-state index in [2.05, 4.69) is 4.98 Å². The summed E-state index contributed by atoms with van der Waals surface area (Å²) in [7, 11) is 0. The molecule has 0 aromatic carbocycles. The van der Waals surface area contributed by atoms with E-state index in [4.69, 9.17) is 0 Å². The standard InChI is InChI=1S/C12H13F3N2O2/c1-11(10(18)19)5-3-7-17(11)9-8(12(13,14)15)4-2-6-16-9/h2,4,6H,3,5,7H2,1H3,(H,18,19). The highest BCUT2D eigenvalue weighted by molar-refractivity contribution is 5.83. The number of nitrogens with zero attached hydrogens (tertiary/aromatic N) is 2. The first-order valence-corrected chi connectivity index (χ1v) is 5.80. The van der Waals surface area contributed by atoms with Gasteiger partial charge in [0.05, 0.1) is 5.56 Å². The fourth-order valence-corrected chi connectivity index (χ4v) is 2.36. The Kier molecular flexibility index (Phi) is 3.15. The maximum absolute atomic E-state index is 12.9. The quantitative estimate of drug-likeness (QED) is 0.900. The van der Waals surface area contributed by atoms with Gasteiger partial charge < -0.3 is 10.0 Å². The van der Waals surface area contributed by atoms with Crippen molar-refractivity contribution in [2.45, 2.75) is 31.5 Å². The number of carboxylic acids is 1. The van der Waals surface area contributed by atoms with Crippen LogP contribution < -0.4 is 4.90 Å². The highest BCUT2D eigenvalue weighted by atomic mass is 19.4. The first-order chi connectivity index (χ1) is 8.77. The molecule has 1 atom stereocenters. The Balaban J connectivity index is 2.51. The van der Waals surface area contributed by atoms with Crippen LogP contribution in [0.1, 0.15) is 25.3 Å². The van der Waals surface area contributed by atoms with Crippen LogP contribution in [0.4, 0.5) is 19.0 Å². The lowest BCUT2D eigenvalue weighted by atomic mass is 9.99. The number of rotatable bonds is 2. The first-order valence-electron chi connectivity index (χ1n) is 5.80. The van der Waals surface area contributed by atoms with Crippen LogP contribution in [-0.4, -0.2) is 28.1 Å². The highest BCUT2D eigenvalue weighted by Gasteiger charge is 2.47. The molecule has 0 amide bonds. The Morgan fingerprint density at radius 2 is 2.21 bits per heavy atom. The molecule has 2 heterocycles. The highest BCUT2D eigenvalue weighted by Crippen LogP contribution is 2.40. The lowest BCUT2D eigenvalue weighted by Crippen LogP contribution is -2.49. The molecule has 0 saturated carbocycles. The molecule has 0 radical (unpaired) electrons. The maximum Gasteiger partial charge on any atom is 0.419 e. The second-order valence-electron chi connectivity index (χ2n) is 4.71. The summed E-state index contributed by atoms with van der Waals surface area (Å²) in [6, 6.07) is 2.11. The number of carbonyl (C=O) groups is 1. The van der Waals surface area contributed by atoms with Crippen molar-refractivity contribution in [2.75, 3.05) is 11.4 Å². The van der Waals surface area contributed by atoms with Crippen LogP contribution in [0.3, 0.4) is 0 Å². The second-order valence-corrected chi connectivity index (χ2v) is 4.71. The average Bonchev–Trinajstić information content (AvgIpc) is 2.71. The van der Waals surface area contributed by atoms with E-state index in [1.807, 2.05) is 0 Å². The van der Waals surface area contributed by atoms with Gasteiger partial charge in [-0.2, -0.15) is 13.2 Å². The molecule has 1 unspecified atom stereocenters. The van der Waals surface area contributed by atoms with E-state index in [0.29, 0.717) is 12.8 Å². The maximum atomic E-state index is 12.9. The average molecular weight is 274 g/mol. The zero-order chi connectivity index (χ0) is 14.3. The summed E-state index contributed by atoms with van der Waals surface area (Å²) >= 11 is 0. The third-order valence-corrected chi connectivity index (χ3v) is 3.45. The van der Waals surface area contributed by atoms with E-state index < -0.39 is 23.2 Å². The van der Waals surface area contributed by atoms with E-state index in [-0.39, 0.29) is 12.4 Å². The van der Waals surface area contributed by atoms with E-state index in [1.54, 1.807) is 0 Å². The first kappa shape index (κ1) is 13.6.